The van der Waals surface area contributed by atoms with E-state index in [0.29, 0.717) is 13.2 Å². The molecule has 0 aromatic carbocycles. The highest BCUT2D eigenvalue weighted by molar-refractivity contribution is 5.84. The number of methoxy groups -OCH3 is 1. The van der Waals surface area contributed by atoms with Gasteiger partial charge in [0.05, 0.1) is 12.7 Å². The van der Waals surface area contributed by atoms with E-state index in [1.54, 1.807) is 0 Å². The van der Waals surface area contributed by atoms with Crippen molar-refractivity contribution in [3.8, 4) is 0 Å². The normalized spacial score (nSPS) is 21.1. The van der Waals surface area contributed by atoms with Crippen LogP contribution in [0.5, 0.6) is 0 Å². The molecule has 4 N–H and O–H groups in total. The lowest BCUT2D eigenvalue weighted by atomic mass is 10.2. The SMILES string of the molecule is COCCNC(=O)CCNC(=O)N1C[C@@H](O)C[C@H]1C(=O)O. The maximum absolute atomic E-state index is 11.8. The molecule has 0 saturated carbocycles. The van der Waals surface area contributed by atoms with Gasteiger partial charge in [0, 0.05) is 39.6 Å². The van der Waals surface area contributed by atoms with Crippen molar-refractivity contribution in [2.45, 2.75) is 25.0 Å². The number of aliphatic carboxylic acids is 1. The zero-order chi connectivity index (χ0) is 15.8. The highest BCUT2D eigenvalue weighted by Gasteiger charge is 2.38. The van der Waals surface area contributed by atoms with Gasteiger partial charge in [-0.3, -0.25) is 4.79 Å². The smallest absolute Gasteiger partial charge is 0.326 e. The Labute approximate surface area is 122 Å². The lowest BCUT2D eigenvalue weighted by Gasteiger charge is -2.21. The molecule has 0 radical (unpaired) electrons. The van der Waals surface area contributed by atoms with Crippen molar-refractivity contribution in [1.29, 1.82) is 0 Å². The summed E-state index contributed by atoms with van der Waals surface area (Å²) >= 11 is 0. The van der Waals surface area contributed by atoms with Crippen LogP contribution in [0.25, 0.3) is 0 Å². The third kappa shape index (κ3) is 5.56. The maximum Gasteiger partial charge on any atom is 0.326 e. The number of nitrogens with zero attached hydrogens (tertiary/aromatic N) is 1. The number of hydrogen-bond acceptors (Lipinski definition) is 5. The molecule has 3 amide bonds. The third-order valence-corrected chi connectivity index (χ3v) is 3.08. The van der Waals surface area contributed by atoms with E-state index in [2.05, 4.69) is 10.6 Å². The van der Waals surface area contributed by atoms with Gasteiger partial charge in [-0.2, -0.15) is 0 Å². The van der Waals surface area contributed by atoms with E-state index < -0.39 is 24.1 Å². The van der Waals surface area contributed by atoms with Crippen molar-refractivity contribution < 1.29 is 29.3 Å². The number of aliphatic hydroxyl groups is 1. The second kappa shape index (κ2) is 8.42. The van der Waals surface area contributed by atoms with Crippen molar-refractivity contribution in [2.24, 2.45) is 0 Å². The molecule has 2 atom stereocenters. The summed E-state index contributed by atoms with van der Waals surface area (Å²) in [4.78, 5) is 35.3. The van der Waals surface area contributed by atoms with Gasteiger partial charge in [-0.15, -0.1) is 0 Å². The molecule has 0 unspecified atom stereocenters. The molecule has 1 aliphatic rings. The number of rotatable bonds is 7. The molecule has 9 nitrogen and oxygen atoms in total. The predicted molar refractivity (Wildman–Crippen MR) is 71.7 cm³/mol. The van der Waals surface area contributed by atoms with Gasteiger partial charge >= 0.3 is 12.0 Å². The molecule has 120 valence electrons. The molecular weight excluding hydrogens is 282 g/mol. The lowest BCUT2D eigenvalue weighted by Crippen LogP contribution is -2.46. The molecule has 0 spiro atoms. The molecule has 1 aliphatic heterocycles. The minimum Gasteiger partial charge on any atom is -0.480 e. The number of nitrogens with one attached hydrogen (secondary N) is 2. The van der Waals surface area contributed by atoms with Gasteiger partial charge in [0.1, 0.15) is 6.04 Å². The Balaban J connectivity index is 2.30. The van der Waals surface area contributed by atoms with Crippen molar-refractivity contribution in [1.82, 2.24) is 15.5 Å². The molecule has 1 saturated heterocycles. The Bertz CT molecular complexity index is 389. The van der Waals surface area contributed by atoms with E-state index >= 15 is 0 Å². The van der Waals surface area contributed by atoms with E-state index in [9.17, 15) is 19.5 Å². The minimum atomic E-state index is -1.15. The van der Waals surface area contributed by atoms with Gasteiger partial charge < -0.3 is 30.5 Å². The zero-order valence-corrected chi connectivity index (χ0v) is 11.9. The number of aliphatic hydroxyl groups excluding tert-OH is 1. The first-order valence-electron chi connectivity index (χ1n) is 6.66. The van der Waals surface area contributed by atoms with Crippen LogP contribution in [0.2, 0.25) is 0 Å². The Morgan fingerprint density at radius 2 is 2.00 bits per heavy atom. The second-order valence-electron chi connectivity index (χ2n) is 4.72. The highest BCUT2D eigenvalue weighted by atomic mass is 16.5. The summed E-state index contributed by atoms with van der Waals surface area (Å²) in [5.41, 5.74) is 0. The topological polar surface area (TPSA) is 128 Å². The van der Waals surface area contributed by atoms with Crippen LogP contribution in [0.4, 0.5) is 4.79 Å². The number of urea groups is 1. The predicted octanol–water partition coefficient (Wildman–Crippen LogP) is -1.63. The van der Waals surface area contributed by atoms with Crippen LogP contribution in [-0.4, -0.2) is 78.5 Å². The number of hydrogen-bond donors (Lipinski definition) is 4. The van der Waals surface area contributed by atoms with Crippen molar-refractivity contribution in [3.05, 3.63) is 0 Å². The number of carboxylic acid groups (broad SMARTS) is 1. The molecule has 0 aromatic rings. The first-order chi connectivity index (χ1) is 9.95. The first-order valence-corrected chi connectivity index (χ1v) is 6.66. The number of carbonyl (C=O) groups excluding carboxylic acids is 2. The Morgan fingerprint density at radius 1 is 1.29 bits per heavy atom. The Kier molecular flexibility index (Phi) is 6.89. The van der Waals surface area contributed by atoms with Crippen LogP contribution in [0.15, 0.2) is 0 Å². The number of ether oxygens (including phenoxy) is 1. The number of amides is 3. The molecule has 0 aliphatic carbocycles. The van der Waals surface area contributed by atoms with Crippen LogP contribution in [0, 0.1) is 0 Å². The number of likely N-dealkylation sites (tertiary alicyclic amines) is 1. The van der Waals surface area contributed by atoms with E-state index in [1.165, 1.54) is 7.11 Å². The van der Waals surface area contributed by atoms with E-state index in [0.717, 1.165) is 4.90 Å². The zero-order valence-electron chi connectivity index (χ0n) is 11.9. The summed E-state index contributed by atoms with van der Waals surface area (Å²) in [6, 6.07) is -1.63. The molecule has 1 rings (SSSR count). The summed E-state index contributed by atoms with van der Waals surface area (Å²) in [5, 5.41) is 23.5. The Hall–Kier alpha value is -1.87. The fourth-order valence-electron chi connectivity index (χ4n) is 2.04. The van der Waals surface area contributed by atoms with Gasteiger partial charge in [0.25, 0.3) is 0 Å². The summed E-state index contributed by atoms with van der Waals surface area (Å²) < 4.78 is 4.78. The van der Waals surface area contributed by atoms with Gasteiger partial charge in [-0.25, -0.2) is 9.59 Å². The van der Waals surface area contributed by atoms with Crippen molar-refractivity contribution >= 4 is 17.9 Å². The maximum atomic E-state index is 11.8. The van der Waals surface area contributed by atoms with E-state index in [4.69, 9.17) is 9.84 Å². The third-order valence-electron chi connectivity index (χ3n) is 3.08. The quantitative estimate of drug-likeness (QED) is 0.418. The largest absolute Gasteiger partial charge is 0.480 e. The van der Waals surface area contributed by atoms with Crippen LogP contribution in [0.1, 0.15) is 12.8 Å². The first kappa shape index (κ1) is 17.2. The van der Waals surface area contributed by atoms with Crippen LogP contribution in [0.3, 0.4) is 0 Å². The molecule has 0 aromatic heterocycles. The molecule has 21 heavy (non-hydrogen) atoms. The van der Waals surface area contributed by atoms with Gasteiger partial charge in [0.15, 0.2) is 0 Å². The highest BCUT2D eigenvalue weighted by Crippen LogP contribution is 2.17. The van der Waals surface area contributed by atoms with Crippen LogP contribution in [-0.2, 0) is 14.3 Å². The summed E-state index contributed by atoms with van der Waals surface area (Å²) in [6.07, 6.45) is -0.738. The molecular formula is C12H21N3O6. The van der Waals surface area contributed by atoms with Crippen molar-refractivity contribution in [3.63, 3.8) is 0 Å². The molecule has 0 bridgehead atoms. The van der Waals surface area contributed by atoms with E-state index in [1.807, 2.05) is 0 Å². The average molecular weight is 303 g/mol. The Morgan fingerprint density at radius 3 is 2.62 bits per heavy atom. The summed E-state index contributed by atoms with van der Waals surface area (Å²) in [5.74, 6) is -1.39. The van der Waals surface area contributed by atoms with E-state index in [-0.39, 0.29) is 31.8 Å². The molecule has 1 heterocycles. The summed E-state index contributed by atoms with van der Waals surface area (Å²) in [7, 11) is 1.52. The lowest BCUT2D eigenvalue weighted by molar-refractivity contribution is -0.141. The van der Waals surface area contributed by atoms with Crippen LogP contribution >= 0.6 is 0 Å². The fraction of sp³-hybridized carbons (Fsp3) is 0.750. The monoisotopic (exact) mass is 303 g/mol. The van der Waals surface area contributed by atoms with Crippen LogP contribution < -0.4 is 10.6 Å². The average Bonchev–Trinajstić information content (AvgIpc) is 2.81. The number of carbonyl (C=O) groups is 3. The number of β-amino-alcohol motifs (C(OH)–C–C–N with tert-alkyl or cyclic N) is 1. The standard InChI is InChI=1S/C12H21N3O6/c1-21-5-4-13-10(17)2-3-14-12(20)15-7-8(16)6-9(15)11(18)19/h8-9,16H,2-7H2,1H3,(H,13,17)(H,14,20)(H,18,19)/t8-,9-/m0/s1. The van der Waals surface area contributed by atoms with Crippen molar-refractivity contribution in [2.75, 3.05) is 33.4 Å². The fourth-order valence-corrected chi connectivity index (χ4v) is 2.04. The second-order valence-corrected chi connectivity index (χ2v) is 4.72. The molecule has 9 heteroatoms. The van der Waals surface area contributed by atoms with Gasteiger partial charge in [0.2, 0.25) is 5.91 Å². The van der Waals surface area contributed by atoms with Gasteiger partial charge in [-0.05, 0) is 0 Å². The molecule has 1 fully saturated rings. The summed E-state index contributed by atoms with van der Waals surface area (Å²) in [6.45, 7) is 0.867. The van der Waals surface area contributed by atoms with Gasteiger partial charge in [-0.1, -0.05) is 0 Å². The number of carboxylic acids is 1. The minimum absolute atomic E-state index is 0.0141.